The second-order valence-electron chi connectivity index (χ2n) is 8.47. The van der Waals surface area contributed by atoms with Crippen molar-refractivity contribution >= 4 is 53.9 Å². The molecule has 0 bridgehead atoms. The van der Waals surface area contributed by atoms with E-state index in [1.165, 1.54) is 15.2 Å². The monoisotopic (exact) mass is 558 g/mol. The maximum absolute atomic E-state index is 13.7. The van der Waals surface area contributed by atoms with E-state index in [1.54, 1.807) is 18.3 Å². The second kappa shape index (κ2) is 6.96. The molecule has 4 heterocycles. The van der Waals surface area contributed by atoms with Crippen molar-refractivity contribution in [3.63, 3.8) is 0 Å². The summed E-state index contributed by atoms with van der Waals surface area (Å²) in [5.41, 5.74) is 1.66. The van der Waals surface area contributed by atoms with E-state index in [9.17, 15) is 8.78 Å². The predicted octanol–water partition coefficient (Wildman–Crippen LogP) is 5.17. The third-order valence-electron chi connectivity index (χ3n) is 5.95. The molecule has 0 aliphatic carbocycles. The van der Waals surface area contributed by atoms with Crippen LogP contribution in [0.4, 0.5) is 8.78 Å². The van der Waals surface area contributed by atoms with Gasteiger partial charge in [-0.2, -0.15) is 0 Å². The molecule has 2 aliphatic heterocycles. The van der Waals surface area contributed by atoms with Crippen molar-refractivity contribution in [1.29, 1.82) is 0 Å². The first-order valence-corrected chi connectivity index (χ1v) is 12.9. The maximum atomic E-state index is 13.7. The molecule has 5 rings (SSSR count). The van der Waals surface area contributed by atoms with E-state index < -0.39 is 24.6 Å². The Morgan fingerprint density at radius 3 is 2.45 bits per heavy atom. The Balaban J connectivity index is 1.65. The van der Waals surface area contributed by atoms with Crippen LogP contribution in [0.15, 0.2) is 36.7 Å². The van der Waals surface area contributed by atoms with E-state index >= 15 is 0 Å². The van der Waals surface area contributed by atoms with Crippen molar-refractivity contribution in [1.82, 2.24) is 8.96 Å². The lowest BCUT2D eigenvalue weighted by atomic mass is 9.79. The highest BCUT2D eigenvalue weighted by Gasteiger charge is 2.52. The number of para-hydroxylation sites is 1. The Kier molecular flexibility index (Phi) is 4.78. The topological polar surface area (TPSA) is 54.7 Å². The molecule has 0 radical (unpaired) electrons. The van der Waals surface area contributed by atoms with Gasteiger partial charge >= 0.3 is 13.4 Å². The Hall–Kier alpha value is -1.57. The number of benzene rings is 1. The average molecular weight is 558 g/mol. The van der Waals surface area contributed by atoms with Crippen LogP contribution < -0.4 is 14.9 Å². The molecule has 0 saturated carbocycles. The molecular formula is C20H18BF2IN2O4S. The number of alkyl halides is 2. The zero-order valence-corrected chi connectivity index (χ0v) is 20.1. The van der Waals surface area contributed by atoms with Gasteiger partial charge in [-0.1, -0.05) is 12.1 Å². The first-order valence-electron chi connectivity index (χ1n) is 9.56. The molecule has 1 fully saturated rings. The van der Waals surface area contributed by atoms with Gasteiger partial charge in [0.15, 0.2) is 17.1 Å². The van der Waals surface area contributed by atoms with E-state index in [0.717, 1.165) is 10.8 Å². The van der Waals surface area contributed by atoms with Crippen LogP contribution in [0, 0.1) is 0 Å². The van der Waals surface area contributed by atoms with Gasteiger partial charge in [-0.25, -0.2) is 4.98 Å². The van der Waals surface area contributed by atoms with Gasteiger partial charge in [-0.05, 0) is 39.8 Å². The number of halogens is 3. The van der Waals surface area contributed by atoms with E-state index in [1.807, 2.05) is 43.9 Å². The Bertz CT molecular complexity index is 1190. The summed E-state index contributed by atoms with van der Waals surface area (Å²) in [4.78, 5) is 4.62. The maximum Gasteiger partial charge on any atom is 0.586 e. The number of hydrogen-bond donors (Lipinski definition) is 0. The SMILES string of the molecule is CC1(C)OB(c2cnc3c(c2)c(-c2cccc4c2OC(F)(F)O4)cn3SI)OC1(C)C. The molecule has 6 nitrogen and oxygen atoms in total. The molecule has 1 saturated heterocycles. The summed E-state index contributed by atoms with van der Waals surface area (Å²) in [6, 6.07) is 6.77. The van der Waals surface area contributed by atoms with Gasteiger partial charge < -0.3 is 18.8 Å². The van der Waals surface area contributed by atoms with Crippen LogP contribution in [0.2, 0.25) is 0 Å². The van der Waals surface area contributed by atoms with Gasteiger partial charge in [-0.3, -0.25) is 3.97 Å². The highest BCUT2D eigenvalue weighted by molar-refractivity contribution is 14.2. The van der Waals surface area contributed by atoms with Crippen LogP contribution in [0.1, 0.15) is 27.7 Å². The van der Waals surface area contributed by atoms with Crippen molar-refractivity contribution in [2.24, 2.45) is 0 Å². The standard InChI is InChI=1S/C20H18BF2IN2O4S/c1-18(2)19(3,4)30-21(29-18)11-8-13-14(10-26(31-24)17(13)25-9-11)12-6-5-7-15-16(12)28-20(22,23)27-15/h5-10H,1-4H3. The van der Waals surface area contributed by atoms with Crippen molar-refractivity contribution in [3.05, 3.63) is 36.7 Å². The lowest BCUT2D eigenvalue weighted by Gasteiger charge is -2.32. The van der Waals surface area contributed by atoms with Gasteiger partial charge in [0.2, 0.25) is 0 Å². The minimum Gasteiger partial charge on any atom is -0.399 e. The fraction of sp³-hybridized carbons (Fsp3) is 0.350. The molecule has 1 aromatic carbocycles. The minimum absolute atomic E-state index is 0.000555. The van der Waals surface area contributed by atoms with Crippen LogP contribution in [-0.2, 0) is 9.31 Å². The van der Waals surface area contributed by atoms with Crippen molar-refractivity contribution in [2.45, 2.75) is 45.2 Å². The molecule has 0 atom stereocenters. The first-order chi connectivity index (χ1) is 14.5. The van der Waals surface area contributed by atoms with E-state index in [2.05, 4.69) is 30.9 Å². The Labute approximate surface area is 194 Å². The summed E-state index contributed by atoms with van der Waals surface area (Å²) in [7, 11) is 0.839. The number of ether oxygens (including phenoxy) is 2. The molecular weight excluding hydrogens is 540 g/mol. The summed E-state index contributed by atoms with van der Waals surface area (Å²) in [6.45, 7) is 7.94. The lowest BCUT2D eigenvalue weighted by molar-refractivity contribution is -0.286. The van der Waals surface area contributed by atoms with Gasteiger partial charge in [0, 0.05) is 64.7 Å². The van der Waals surface area contributed by atoms with Crippen LogP contribution in [0.25, 0.3) is 22.2 Å². The summed E-state index contributed by atoms with van der Waals surface area (Å²) in [5.74, 6) is 0.00615. The number of nitrogens with zero attached hydrogens (tertiary/aromatic N) is 2. The van der Waals surface area contributed by atoms with Gasteiger partial charge in [0.25, 0.3) is 0 Å². The fourth-order valence-corrected chi connectivity index (χ4v) is 4.91. The van der Waals surface area contributed by atoms with Crippen molar-refractivity contribution in [2.75, 3.05) is 0 Å². The van der Waals surface area contributed by atoms with Crippen LogP contribution >= 0.6 is 30.3 Å². The number of pyridine rings is 1. The molecule has 0 amide bonds. The molecule has 0 N–H and O–H groups in total. The number of hydrogen-bond acceptors (Lipinski definition) is 6. The molecule has 2 aliphatic rings. The summed E-state index contributed by atoms with van der Waals surface area (Å²) >= 11 is 2.15. The average Bonchev–Trinajstić information content (AvgIpc) is 3.28. The zero-order chi connectivity index (χ0) is 22.2. The first kappa shape index (κ1) is 21.3. The molecule has 11 heteroatoms. The van der Waals surface area contributed by atoms with Gasteiger partial charge in [0.1, 0.15) is 0 Å². The fourth-order valence-electron chi connectivity index (χ4n) is 3.65. The number of fused-ring (bicyclic) bond motifs is 2. The summed E-state index contributed by atoms with van der Waals surface area (Å²) in [5, 5.41) is 0.767. The smallest absolute Gasteiger partial charge is 0.399 e. The Morgan fingerprint density at radius 2 is 1.77 bits per heavy atom. The van der Waals surface area contributed by atoms with Crippen LogP contribution in [0.3, 0.4) is 0 Å². The minimum atomic E-state index is -3.69. The zero-order valence-electron chi connectivity index (χ0n) is 17.1. The molecule has 3 aromatic rings. The summed E-state index contributed by atoms with van der Waals surface area (Å²) in [6.07, 6.45) is -0.125. The third-order valence-corrected chi connectivity index (χ3v) is 7.65. The quantitative estimate of drug-likeness (QED) is 0.327. The Morgan fingerprint density at radius 1 is 1.06 bits per heavy atom. The molecule has 162 valence electrons. The lowest BCUT2D eigenvalue weighted by Crippen LogP contribution is -2.41. The number of aromatic nitrogens is 2. The molecule has 0 unspecified atom stereocenters. The van der Waals surface area contributed by atoms with Crippen LogP contribution in [0.5, 0.6) is 11.5 Å². The van der Waals surface area contributed by atoms with Gasteiger partial charge in [0.05, 0.1) is 11.2 Å². The third kappa shape index (κ3) is 3.40. The van der Waals surface area contributed by atoms with Crippen LogP contribution in [-0.4, -0.2) is 33.6 Å². The largest absolute Gasteiger partial charge is 0.586 e. The van der Waals surface area contributed by atoms with E-state index in [-0.39, 0.29) is 11.5 Å². The normalized spacial score (nSPS) is 20.5. The highest BCUT2D eigenvalue weighted by Crippen LogP contribution is 2.49. The summed E-state index contributed by atoms with van der Waals surface area (Å²) < 4.78 is 51.1. The number of rotatable bonds is 3. The molecule has 31 heavy (non-hydrogen) atoms. The second-order valence-corrected chi connectivity index (χ2v) is 10.2. The van der Waals surface area contributed by atoms with E-state index in [4.69, 9.17) is 14.0 Å². The van der Waals surface area contributed by atoms with Crippen molar-refractivity contribution in [3.8, 4) is 22.6 Å². The van der Waals surface area contributed by atoms with Gasteiger partial charge in [-0.15, -0.1) is 8.78 Å². The molecule has 2 aromatic heterocycles. The van der Waals surface area contributed by atoms with Crippen molar-refractivity contribution < 1.29 is 27.6 Å². The highest BCUT2D eigenvalue weighted by atomic mass is 127. The molecule has 0 spiro atoms. The van der Waals surface area contributed by atoms with E-state index in [0.29, 0.717) is 16.8 Å². The predicted molar refractivity (Wildman–Crippen MR) is 124 cm³/mol.